The Kier molecular flexibility index (Phi) is 7.14. The summed E-state index contributed by atoms with van der Waals surface area (Å²) in [6, 6.07) is 65.8. The SMILES string of the molecule is c1ccc(-c2ccc3c(c2)oc2cc(-c4nc(-c5ccccc5)nc(-c5cccc(-c6ccc7c8ccccc8c8ccccc8c7c6)c5)n4)ccc23)cc1. The highest BCUT2D eigenvalue weighted by Crippen LogP contribution is 2.38. The van der Waals surface area contributed by atoms with E-state index in [0.717, 1.165) is 60.9 Å². The Labute approximate surface area is 317 Å². The molecule has 2 aromatic heterocycles. The van der Waals surface area contributed by atoms with Gasteiger partial charge in [-0.05, 0) is 91.0 Å². The van der Waals surface area contributed by atoms with Crippen molar-refractivity contribution in [2.45, 2.75) is 0 Å². The lowest BCUT2D eigenvalue weighted by molar-refractivity contribution is 0.669. The predicted molar refractivity (Wildman–Crippen MR) is 227 cm³/mol. The van der Waals surface area contributed by atoms with Gasteiger partial charge in [0, 0.05) is 27.5 Å². The molecule has 0 N–H and O–H groups in total. The van der Waals surface area contributed by atoms with Crippen LogP contribution in [0.25, 0.3) is 111 Å². The third kappa shape index (κ3) is 5.34. The quantitative estimate of drug-likeness (QED) is 0.168. The Morgan fingerprint density at radius 3 is 1.24 bits per heavy atom. The van der Waals surface area contributed by atoms with Crippen LogP contribution < -0.4 is 0 Å². The molecular formula is C51H31N3O. The van der Waals surface area contributed by atoms with Crippen LogP contribution in [0.1, 0.15) is 0 Å². The molecule has 9 aromatic carbocycles. The smallest absolute Gasteiger partial charge is 0.164 e. The molecule has 4 nitrogen and oxygen atoms in total. The third-order valence-electron chi connectivity index (χ3n) is 10.7. The third-order valence-corrected chi connectivity index (χ3v) is 10.7. The Bertz CT molecular complexity index is 3220. The summed E-state index contributed by atoms with van der Waals surface area (Å²) in [7, 11) is 0. The summed E-state index contributed by atoms with van der Waals surface area (Å²) in [6.07, 6.45) is 0. The molecule has 0 bridgehead atoms. The van der Waals surface area contributed by atoms with Crippen molar-refractivity contribution in [1.82, 2.24) is 15.0 Å². The summed E-state index contributed by atoms with van der Waals surface area (Å²) in [4.78, 5) is 15.2. The molecule has 0 atom stereocenters. The fourth-order valence-corrected chi connectivity index (χ4v) is 8.00. The number of aromatic nitrogens is 3. The minimum absolute atomic E-state index is 0.589. The first kappa shape index (κ1) is 31.1. The van der Waals surface area contributed by atoms with Gasteiger partial charge in [-0.15, -0.1) is 0 Å². The van der Waals surface area contributed by atoms with Gasteiger partial charge in [-0.2, -0.15) is 0 Å². The summed E-state index contributed by atoms with van der Waals surface area (Å²) < 4.78 is 6.48. The van der Waals surface area contributed by atoms with Gasteiger partial charge in [0.2, 0.25) is 0 Å². The second kappa shape index (κ2) is 12.6. The minimum Gasteiger partial charge on any atom is -0.456 e. The lowest BCUT2D eigenvalue weighted by Crippen LogP contribution is -2.00. The van der Waals surface area contributed by atoms with Crippen molar-refractivity contribution in [3.8, 4) is 56.4 Å². The molecule has 0 aliphatic heterocycles. The van der Waals surface area contributed by atoms with E-state index in [2.05, 4.69) is 146 Å². The summed E-state index contributed by atoms with van der Waals surface area (Å²) >= 11 is 0. The van der Waals surface area contributed by atoms with Crippen molar-refractivity contribution in [2.24, 2.45) is 0 Å². The number of nitrogens with zero attached hydrogens (tertiary/aromatic N) is 3. The lowest BCUT2D eigenvalue weighted by Gasteiger charge is -2.13. The molecule has 0 saturated carbocycles. The minimum atomic E-state index is 0.589. The van der Waals surface area contributed by atoms with E-state index in [1.54, 1.807) is 0 Å². The maximum Gasteiger partial charge on any atom is 0.164 e. The van der Waals surface area contributed by atoms with Gasteiger partial charge < -0.3 is 4.42 Å². The molecule has 0 fully saturated rings. The van der Waals surface area contributed by atoms with Gasteiger partial charge in [0.1, 0.15) is 11.2 Å². The number of benzene rings is 9. The van der Waals surface area contributed by atoms with Crippen molar-refractivity contribution >= 4 is 54.3 Å². The molecule has 11 rings (SSSR count). The summed E-state index contributed by atoms with van der Waals surface area (Å²) in [5, 5.41) is 9.68. The Balaban J connectivity index is 1.03. The van der Waals surface area contributed by atoms with Crippen LogP contribution in [0.4, 0.5) is 0 Å². The Morgan fingerprint density at radius 2 is 0.618 bits per heavy atom. The van der Waals surface area contributed by atoms with E-state index in [-0.39, 0.29) is 0 Å². The van der Waals surface area contributed by atoms with E-state index < -0.39 is 0 Å². The largest absolute Gasteiger partial charge is 0.456 e. The van der Waals surface area contributed by atoms with Gasteiger partial charge in [-0.1, -0.05) is 152 Å². The van der Waals surface area contributed by atoms with E-state index in [9.17, 15) is 0 Å². The van der Waals surface area contributed by atoms with E-state index in [1.807, 2.05) is 42.5 Å². The van der Waals surface area contributed by atoms with Gasteiger partial charge in [-0.25, -0.2) is 15.0 Å². The van der Waals surface area contributed by atoms with Crippen molar-refractivity contribution in [3.05, 3.63) is 188 Å². The number of furan rings is 1. The molecule has 0 saturated heterocycles. The molecule has 2 heterocycles. The van der Waals surface area contributed by atoms with Gasteiger partial charge in [0.05, 0.1) is 0 Å². The van der Waals surface area contributed by atoms with E-state index >= 15 is 0 Å². The zero-order valence-corrected chi connectivity index (χ0v) is 29.6. The standard InChI is InChI=1S/C51H31N3O/c1-3-12-32(13-4-1)36-23-26-44-45-27-24-38(31-48(45)55-47(44)30-36)51-53-49(33-14-5-2-6-15-33)52-50(54-51)37-17-11-16-34(28-37)35-22-25-43-41-20-8-7-18-39(41)40-19-9-10-21-42(40)46(43)29-35/h1-31H. The first-order valence-electron chi connectivity index (χ1n) is 18.5. The Morgan fingerprint density at radius 1 is 0.236 bits per heavy atom. The predicted octanol–water partition coefficient (Wildman–Crippen LogP) is 13.6. The van der Waals surface area contributed by atoms with E-state index in [1.165, 1.54) is 32.3 Å². The average molecular weight is 702 g/mol. The molecule has 4 heteroatoms. The molecule has 256 valence electrons. The first-order chi connectivity index (χ1) is 27.2. The molecule has 0 amide bonds. The maximum absolute atomic E-state index is 6.48. The molecule has 11 aromatic rings. The topological polar surface area (TPSA) is 51.8 Å². The van der Waals surface area contributed by atoms with Crippen LogP contribution in [0.5, 0.6) is 0 Å². The molecule has 0 spiro atoms. The molecular weight excluding hydrogens is 671 g/mol. The number of hydrogen-bond donors (Lipinski definition) is 0. The second-order valence-electron chi connectivity index (χ2n) is 14.0. The molecule has 0 aliphatic carbocycles. The molecule has 0 aliphatic rings. The number of fused-ring (bicyclic) bond motifs is 9. The summed E-state index contributed by atoms with van der Waals surface area (Å²) in [5.74, 6) is 1.82. The van der Waals surface area contributed by atoms with Crippen molar-refractivity contribution < 1.29 is 4.42 Å². The van der Waals surface area contributed by atoms with Crippen LogP contribution in [0.15, 0.2) is 192 Å². The van der Waals surface area contributed by atoms with Gasteiger partial charge in [0.15, 0.2) is 17.5 Å². The maximum atomic E-state index is 6.48. The van der Waals surface area contributed by atoms with Crippen LogP contribution in [-0.2, 0) is 0 Å². The fourth-order valence-electron chi connectivity index (χ4n) is 8.00. The lowest BCUT2D eigenvalue weighted by atomic mass is 9.92. The fraction of sp³-hybridized carbons (Fsp3) is 0. The molecule has 55 heavy (non-hydrogen) atoms. The van der Waals surface area contributed by atoms with Crippen LogP contribution in [0.2, 0.25) is 0 Å². The second-order valence-corrected chi connectivity index (χ2v) is 14.0. The zero-order chi connectivity index (χ0) is 36.3. The average Bonchev–Trinajstić information content (AvgIpc) is 3.64. The molecule has 0 unspecified atom stereocenters. The van der Waals surface area contributed by atoms with Crippen molar-refractivity contribution in [2.75, 3.05) is 0 Å². The van der Waals surface area contributed by atoms with Gasteiger partial charge in [-0.3, -0.25) is 0 Å². The van der Waals surface area contributed by atoms with Crippen LogP contribution in [-0.4, -0.2) is 15.0 Å². The van der Waals surface area contributed by atoms with Gasteiger partial charge >= 0.3 is 0 Å². The van der Waals surface area contributed by atoms with Crippen LogP contribution >= 0.6 is 0 Å². The van der Waals surface area contributed by atoms with Gasteiger partial charge in [0.25, 0.3) is 0 Å². The monoisotopic (exact) mass is 701 g/mol. The summed E-state index contributed by atoms with van der Waals surface area (Å²) in [5.41, 5.74) is 8.85. The zero-order valence-electron chi connectivity index (χ0n) is 29.6. The van der Waals surface area contributed by atoms with E-state index in [0.29, 0.717) is 17.5 Å². The Hall–Kier alpha value is -7.43. The van der Waals surface area contributed by atoms with Crippen LogP contribution in [0, 0.1) is 0 Å². The molecule has 0 radical (unpaired) electrons. The number of rotatable bonds is 5. The van der Waals surface area contributed by atoms with Crippen molar-refractivity contribution in [1.29, 1.82) is 0 Å². The van der Waals surface area contributed by atoms with Crippen LogP contribution in [0.3, 0.4) is 0 Å². The van der Waals surface area contributed by atoms with Crippen molar-refractivity contribution in [3.63, 3.8) is 0 Å². The summed E-state index contributed by atoms with van der Waals surface area (Å²) in [6.45, 7) is 0. The number of hydrogen-bond acceptors (Lipinski definition) is 4. The highest BCUT2D eigenvalue weighted by molar-refractivity contribution is 6.25. The highest BCUT2D eigenvalue weighted by atomic mass is 16.3. The first-order valence-corrected chi connectivity index (χ1v) is 18.5. The normalized spacial score (nSPS) is 11.6. The highest BCUT2D eigenvalue weighted by Gasteiger charge is 2.16. The van der Waals surface area contributed by atoms with E-state index in [4.69, 9.17) is 19.4 Å².